The Morgan fingerprint density at radius 1 is 1.44 bits per heavy atom. The predicted molar refractivity (Wildman–Crippen MR) is 79.5 cm³/mol. The van der Waals surface area contributed by atoms with Crippen LogP contribution in [0, 0.1) is 0 Å². The van der Waals surface area contributed by atoms with Crippen molar-refractivity contribution in [3.05, 3.63) is 20.6 Å². The Hall–Kier alpha value is -0.260. The molecule has 1 aromatic rings. The molecule has 0 aromatic heterocycles. The van der Waals surface area contributed by atoms with Gasteiger partial charge in [0.25, 0.3) is 0 Å². The van der Waals surface area contributed by atoms with E-state index in [2.05, 4.69) is 44.1 Å². The Kier molecular flexibility index (Phi) is 4.56. The number of hydrogen-bond donors (Lipinski definition) is 1. The molecule has 18 heavy (non-hydrogen) atoms. The van der Waals surface area contributed by atoms with Crippen molar-refractivity contribution in [2.24, 2.45) is 0 Å². The lowest BCUT2D eigenvalue weighted by molar-refractivity contribution is 0.181. The van der Waals surface area contributed by atoms with Crippen molar-refractivity contribution in [1.82, 2.24) is 5.32 Å². The van der Waals surface area contributed by atoms with Crippen LogP contribution in [0.2, 0.25) is 0 Å². The van der Waals surface area contributed by atoms with Gasteiger partial charge in [-0.3, -0.25) is 0 Å². The minimum atomic E-state index is 0.176. The van der Waals surface area contributed by atoms with Gasteiger partial charge in [-0.1, -0.05) is 13.3 Å². The first-order chi connectivity index (χ1) is 8.63. The molecule has 1 aliphatic rings. The maximum absolute atomic E-state index is 6.07. The van der Waals surface area contributed by atoms with Crippen LogP contribution in [0.3, 0.4) is 0 Å². The second-order valence-electron chi connectivity index (χ2n) is 4.33. The topological polar surface area (TPSA) is 30.5 Å². The highest BCUT2D eigenvalue weighted by Gasteiger charge is 2.37. The lowest BCUT2D eigenvalue weighted by atomic mass is 10.0. The summed E-state index contributed by atoms with van der Waals surface area (Å²) in [5.74, 6) is 1.74. The van der Waals surface area contributed by atoms with Gasteiger partial charge < -0.3 is 14.8 Å². The maximum Gasteiger partial charge on any atom is 0.140 e. The molecule has 0 fully saturated rings. The van der Waals surface area contributed by atoms with E-state index in [-0.39, 0.29) is 12.1 Å². The molecule has 0 radical (unpaired) electrons. The van der Waals surface area contributed by atoms with Crippen LogP contribution in [0.25, 0.3) is 0 Å². The van der Waals surface area contributed by atoms with E-state index in [1.54, 1.807) is 7.11 Å². The van der Waals surface area contributed by atoms with Crippen LogP contribution >= 0.6 is 31.9 Å². The number of rotatable bonds is 4. The molecular formula is C13H17Br2NO2. The SMILES string of the molecule is CCCC1Oc2c(Br)cc(OC)c(Br)c2C1NC. The summed E-state index contributed by atoms with van der Waals surface area (Å²) >= 11 is 7.18. The first-order valence-corrected chi connectivity index (χ1v) is 7.62. The minimum Gasteiger partial charge on any atom is -0.496 e. The van der Waals surface area contributed by atoms with E-state index < -0.39 is 0 Å². The molecule has 3 nitrogen and oxygen atoms in total. The van der Waals surface area contributed by atoms with Crippen molar-refractivity contribution in [3.8, 4) is 11.5 Å². The molecule has 2 atom stereocenters. The van der Waals surface area contributed by atoms with Crippen LogP contribution < -0.4 is 14.8 Å². The fraction of sp³-hybridized carbons (Fsp3) is 0.538. The molecule has 1 heterocycles. The smallest absolute Gasteiger partial charge is 0.140 e. The number of fused-ring (bicyclic) bond motifs is 1. The first-order valence-electron chi connectivity index (χ1n) is 6.03. The van der Waals surface area contributed by atoms with Gasteiger partial charge in [0.15, 0.2) is 0 Å². The summed E-state index contributed by atoms with van der Waals surface area (Å²) in [6, 6.07) is 2.13. The average molecular weight is 379 g/mol. The Bertz CT molecular complexity index is 451. The number of methoxy groups -OCH3 is 1. The number of benzene rings is 1. The summed E-state index contributed by atoms with van der Waals surface area (Å²) < 4.78 is 13.4. The van der Waals surface area contributed by atoms with Crippen LogP contribution in [-0.2, 0) is 0 Å². The molecule has 0 amide bonds. The standard InChI is InChI=1S/C13H17Br2NO2/c1-4-5-8-12(16-2)10-11(15)9(17-3)6-7(14)13(10)18-8/h6,8,12,16H,4-5H2,1-3H3. The highest BCUT2D eigenvalue weighted by atomic mass is 79.9. The zero-order valence-electron chi connectivity index (χ0n) is 10.7. The summed E-state index contributed by atoms with van der Waals surface area (Å²) in [6.07, 6.45) is 2.31. The number of ether oxygens (including phenoxy) is 2. The lowest BCUT2D eigenvalue weighted by Gasteiger charge is -2.18. The Morgan fingerprint density at radius 2 is 2.17 bits per heavy atom. The number of halogens is 2. The molecule has 5 heteroatoms. The van der Waals surface area contributed by atoms with Crippen molar-refractivity contribution in [3.63, 3.8) is 0 Å². The van der Waals surface area contributed by atoms with Crippen molar-refractivity contribution in [1.29, 1.82) is 0 Å². The molecular weight excluding hydrogens is 362 g/mol. The Balaban J connectivity index is 2.50. The summed E-state index contributed by atoms with van der Waals surface area (Å²) in [6.45, 7) is 2.17. The van der Waals surface area contributed by atoms with Crippen molar-refractivity contribution in [2.75, 3.05) is 14.2 Å². The molecule has 0 aliphatic carbocycles. The van der Waals surface area contributed by atoms with E-state index >= 15 is 0 Å². The van der Waals surface area contributed by atoms with E-state index in [4.69, 9.17) is 9.47 Å². The van der Waals surface area contributed by atoms with Crippen LogP contribution in [0.15, 0.2) is 15.0 Å². The Morgan fingerprint density at radius 3 is 2.72 bits per heavy atom. The summed E-state index contributed by atoms with van der Waals surface area (Å²) in [5, 5.41) is 3.34. The average Bonchev–Trinajstić information content (AvgIpc) is 2.73. The van der Waals surface area contributed by atoms with Gasteiger partial charge in [-0.05, 0) is 51.4 Å². The highest BCUT2D eigenvalue weighted by molar-refractivity contribution is 9.11. The fourth-order valence-electron chi connectivity index (χ4n) is 2.40. The largest absolute Gasteiger partial charge is 0.496 e. The summed E-state index contributed by atoms with van der Waals surface area (Å²) in [5.41, 5.74) is 1.14. The fourth-order valence-corrected chi connectivity index (χ4v) is 3.61. The van der Waals surface area contributed by atoms with Crippen LogP contribution in [0.1, 0.15) is 31.4 Å². The van der Waals surface area contributed by atoms with Crippen molar-refractivity contribution in [2.45, 2.75) is 31.9 Å². The predicted octanol–water partition coefficient (Wildman–Crippen LogP) is 4.04. The van der Waals surface area contributed by atoms with E-state index in [1.165, 1.54) is 0 Å². The van der Waals surface area contributed by atoms with Gasteiger partial charge in [0.2, 0.25) is 0 Å². The number of hydrogen-bond acceptors (Lipinski definition) is 3. The Labute approximate surface area is 124 Å². The second-order valence-corrected chi connectivity index (χ2v) is 5.98. The molecule has 0 spiro atoms. The lowest BCUT2D eigenvalue weighted by Crippen LogP contribution is -2.28. The second kappa shape index (κ2) is 5.80. The zero-order valence-corrected chi connectivity index (χ0v) is 13.9. The van der Waals surface area contributed by atoms with Crippen molar-refractivity contribution < 1.29 is 9.47 Å². The molecule has 0 saturated carbocycles. The van der Waals surface area contributed by atoms with Crippen LogP contribution in [0.5, 0.6) is 11.5 Å². The van der Waals surface area contributed by atoms with E-state index in [9.17, 15) is 0 Å². The van der Waals surface area contributed by atoms with E-state index in [1.807, 2.05) is 13.1 Å². The van der Waals surface area contributed by atoms with Gasteiger partial charge in [-0.2, -0.15) is 0 Å². The third-order valence-electron chi connectivity index (χ3n) is 3.23. The highest BCUT2D eigenvalue weighted by Crippen LogP contribution is 2.50. The number of likely N-dealkylation sites (N-methyl/N-ethyl adjacent to an activating group) is 1. The van der Waals surface area contributed by atoms with Crippen LogP contribution in [0.4, 0.5) is 0 Å². The molecule has 2 unspecified atom stereocenters. The third-order valence-corrected chi connectivity index (χ3v) is 4.64. The normalized spacial score (nSPS) is 21.6. The van der Waals surface area contributed by atoms with E-state index in [0.29, 0.717) is 0 Å². The third kappa shape index (κ3) is 2.28. The zero-order chi connectivity index (χ0) is 13.3. The van der Waals surface area contributed by atoms with E-state index in [0.717, 1.165) is 38.8 Å². The quantitative estimate of drug-likeness (QED) is 0.857. The molecule has 0 saturated heterocycles. The molecule has 2 rings (SSSR count). The minimum absolute atomic E-state index is 0.176. The van der Waals surface area contributed by atoms with Crippen molar-refractivity contribution >= 4 is 31.9 Å². The number of nitrogens with one attached hydrogen (secondary N) is 1. The summed E-state index contributed by atoms with van der Waals surface area (Å²) in [4.78, 5) is 0. The van der Waals surface area contributed by atoms with Gasteiger partial charge >= 0.3 is 0 Å². The molecule has 1 N–H and O–H groups in total. The van der Waals surface area contributed by atoms with Gasteiger partial charge in [-0.15, -0.1) is 0 Å². The monoisotopic (exact) mass is 377 g/mol. The van der Waals surface area contributed by atoms with Crippen LogP contribution in [-0.4, -0.2) is 20.3 Å². The van der Waals surface area contributed by atoms with Gasteiger partial charge in [0.05, 0.1) is 22.1 Å². The molecule has 1 aromatic carbocycles. The maximum atomic E-state index is 6.07. The first kappa shape index (κ1) is 14.2. The molecule has 100 valence electrons. The molecule has 0 bridgehead atoms. The molecule has 1 aliphatic heterocycles. The van der Waals surface area contributed by atoms with Gasteiger partial charge in [0.1, 0.15) is 17.6 Å². The van der Waals surface area contributed by atoms with Gasteiger partial charge in [0, 0.05) is 5.56 Å². The van der Waals surface area contributed by atoms with Gasteiger partial charge in [-0.25, -0.2) is 0 Å². The summed E-state index contributed by atoms with van der Waals surface area (Å²) in [7, 11) is 3.64.